The molecule has 0 bridgehead atoms. The number of benzene rings is 3. The molecule has 3 aromatic carbocycles. The molecular weight excluding hydrogens is 1800 g/mol. The number of methoxy groups -OCH3 is 1. The Morgan fingerprint density at radius 2 is 1.04 bits per heavy atom. The molecule has 3 aliphatic rings. The number of rotatable bonds is 28. The van der Waals surface area contributed by atoms with Crippen molar-refractivity contribution in [1.29, 1.82) is 0 Å². The summed E-state index contributed by atoms with van der Waals surface area (Å²) < 4.78 is 5.33. The van der Waals surface area contributed by atoms with Crippen LogP contribution in [0.15, 0.2) is 97.7 Å². The number of nitrogens with two attached hydrogens (primary N) is 3. The molecule has 3 fully saturated rings. The molecule has 15 atom stereocenters. The van der Waals surface area contributed by atoms with E-state index in [-0.39, 0.29) is 76.6 Å². The van der Waals surface area contributed by atoms with E-state index in [4.69, 9.17) is 21.9 Å². The number of aliphatic carboxylic acids is 2. The van der Waals surface area contributed by atoms with Crippen LogP contribution in [-0.4, -0.2) is 329 Å². The SMILES string of the molecule is CCCC[C@H]1C(=O)N(C)[C@@H](CCCC)C(=O)N[C@@H](CCC(=O)O)C(=O)N[C@H](C(=O)NCC(N)=O)CSCC(=O)N[C@@H](Cc2ccc(OC)cc2)C(=O)N(C)[C@@H](C)C(=O)N[C@@H](CC(N)=O)C(=O)N2CCC[C@H]2C(=O)N[C@@H](Cc2cnc[nH]2)C(=O)N[C@@H](CCC(=O)O)C(=O)N2C[C@H](O)C[C@H]2C(=O)N[C@@H](Cc2c[nH]c3ccccc23)C(=O)N[C@@H](CCN)C(=O)N[C@@H](Cc2c[nH]c3ccccc23)C(=O)N1C. The highest BCUT2D eigenvalue weighted by atomic mass is 32.2. The van der Waals surface area contributed by atoms with E-state index in [9.17, 15) is 68.1 Å². The number of primary amides is 2. The van der Waals surface area contributed by atoms with E-state index in [0.29, 0.717) is 63.5 Å². The van der Waals surface area contributed by atoms with Crippen molar-refractivity contribution in [3.8, 4) is 5.75 Å². The van der Waals surface area contributed by atoms with Gasteiger partial charge in [0.25, 0.3) is 0 Å². The number of amides is 17. The number of aromatic amines is 3. The lowest BCUT2D eigenvalue weighted by atomic mass is 9.99. The first-order valence-electron chi connectivity index (χ1n) is 45.4. The summed E-state index contributed by atoms with van der Waals surface area (Å²) in [6.07, 6.45) is 0.00112. The Labute approximate surface area is 793 Å². The van der Waals surface area contributed by atoms with Crippen LogP contribution >= 0.6 is 11.8 Å². The molecule has 0 saturated carbocycles. The maximum absolute atomic E-state index is 15.8. The molecule has 742 valence electrons. The number of hydrogen-bond donors (Lipinski definition) is 19. The average Bonchev–Trinajstić information content (AvgIpc) is 1.71. The van der Waals surface area contributed by atoms with Crippen molar-refractivity contribution < 1.29 is 111 Å². The van der Waals surface area contributed by atoms with Gasteiger partial charge in [0, 0.05) is 131 Å². The Balaban J connectivity index is 1.11. The predicted molar refractivity (Wildman–Crippen MR) is 496 cm³/mol. The van der Waals surface area contributed by atoms with Crippen LogP contribution in [0.5, 0.6) is 5.75 Å². The predicted octanol–water partition coefficient (Wildman–Crippen LogP) is -2.85. The second kappa shape index (κ2) is 51.0. The van der Waals surface area contributed by atoms with Crippen molar-refractivity contribution in [3.63, 3.8) is 0 Å². The van der Waals surface area contributed by atoms with E-state index in [1.165, 1.54) is 47.7 Å². The van der Waals surface area contributed by atoms with Crippen LogP contribution in [0.3, 0.4) is 0 Å². The van der Waals surface area contributed by atoms with Gasteiger partial charge < -0.3 is 130 Å². The molecule has 9 rings (SSSR count). The van der Waals surface area contributed by atoms with Crippen molar-refractivity contribution >= 4 is 146 Å². The highest BCUT2D eigenvalue weighted by Gasteiger charge is 2.47. The largest absolute Gasteiger partial charge is 0.497 e. The molecule has 137 heavy (non-hydrogen) atoms. The highest BCUT2D eigenvalue weighted by Crippen LogP contribution is 2.28. The third-order valence-electron chi connectivity index (χ3n) is 24.4. The molecule has 46 heteroatoms. The molecule has 0 radical (unpaired) electrons. The van der Waals surface area contributed by atoms with E-state index >= 15 is 38.4 Å². The number of hydrogen-bond acceptors (Lipinski definition) is 24. The quantitative estimate of drug-likeness (QED) is 0.0235. The van der Waals surface area contributed by atoms with Crippen LogP contribution in [0.4, 0.5) is 0 Å². The highest BCUT2D eigenvalue weighted by molar-refractivity contribution is 8.00. The lowest BCUT2D eigenvalue weighted by molar-refractivity contribution is -0.149. The Morgan fingerprint density at radius 3 is 1.62 bits per heavy atom. The van der Waals surface area contributed by atoms with Gasteiger partial charge >= 0.3 is 11.9 Å². The number of fused-ring (bicyclic) bond motifs is 4. The summed E-state index contributed by atoms with van der Waals surface area (Å²) in [4.78, 5) is 294. The van der Waals surface area contributed by atoms with Crippen molar-refractivity contribution in [2.45, 2.75) is 233 Å². The minimum Gasteiger partial charge on any atom is -0.497 e. The smallest absolute Gasteiger partial charge is 0.303 e. The third-order valence-corrected chi connectivity index (χ3v) is 25.5. The third kappa shape index (κ3) is 29.7. The van der Waals surface area contributed by atoms with Gasteiger partial charge in [-0.15, -0.1) is 11.8 Å². The molecular formula is C91H124N22O23S. The maximum Gasteiger partial charge on any atom is 0.303 e. The van der Waals surface area contributed by atoms with Crippen LogP contribution in [-0.2, 0) is 117 Å². The van der Waals surface area contributed by atoms with Gasteiger partial charge in [-0.1, -0.05) is 88.1 Å². The molecule has 6 aromatic rings. The molecule has 0 spiro atoms. The van der Waals surface area contributed by atoms with Gasteiger partial charge in [0.05, 0.1) is 38.3 Å². The molecule has 0 unspecified atom stereocenters. The minimum absolute atomic E-state index is 0.0383. The standard InChI is InChI=1S/C91H124N22O23S/c1-8-10-21-69-84(128)102-60(28-30-76(118)119)80(124)108-68(79(123)98-44-74(94)116)46-137-47-75(117)100-65(35-50-24-26-55(136-7)27-25-50)87(131)109(4)49(3)78(122)106-67(40-73(93)115)90(134)112-34-16-23-70(112)85(129)105-64(38-53-43-95-48-99-53)83(127)103-62(29-31-77(120)121)89(133)113-45-54(114)39-72(113)86(130)104-63(36-51-41-96-58-19-14-12-17-56(51)58)82(126)101-61(32-33-92)81(125)107-66(37-52-42-97-59-20-15-13-18-57(52)59)88(132)111(6)71(22-11-9-2)91(135)110(69)5/h12-15,17-20,24-27,41-43,48-49,54,60-72,96-97,114H,8-11,16,21-23,28-40,44-47,92H2,1-7H3,(H2,93,115)(H2,94,116)(H,95,99)(H,98,123)(H,100,117)(H,101,126)(H,102,128)(H,103,127)(H,104,130)(H,105,129)(H,106,122)(H,107,125)(H,108,124)(H,118,119)(H,120,121)/t49-,54+,60-,61-,62-,63-,64-,65-,66-,67-,68-,69-,70-,71-,72-/m0/s1. The van der Waals surface area contributed by atoms with Crippen LogP contribution in [0.1, 0.15) is 139 Å². The molecule has 45 nitrogen and oxygen atoms in total. The zero-order chi connectivity index (χ0) is 100. The number of nitrogens with one attached hydrogen (secondary N) is 13. The molecule has 3 aromatic heterocycles. The van der Waals surface area contributed by atoms with E-state index in [1.54, 1.807) is 92.1 Å². The van der Waals surface area contributed by atoms with Crippen molar-refractivity contribution in [1.82, 2.24) is 97.6 Å². The average molecular weight is 1930 g/mol. The van der Waals surface area contributed by atoms with Gasteiger partial charge in [-0.25, -0.2) is 4.98 Å². The van der Waals surface area contributed by atoms with Crippen LogP contribution in [0, 0.1) is 0 Å². The number of unbranched alkanes of at least 4 members (excludes halogenated alkanes) is 2. The first kappa shape index (κ1) is 107. The fourth-order valence-electron chi connectivity index (χ4n) is 16.7. The number of carbonyl (C=O) groups is 19. The number of likely N-dealkylation sites (N-methyl/N-ethyl adjacent to an activating group) is 3. The summed E-state index contributed by atoms with van der Waals surface area (Å²) in [7, 11) is 5.24. The van der Waals surface area contributed by atoms with E-state index in [0.717, 1.165) is 36.3 Å². The fraction of sp³-hybridized carbons (Fsp3) is 0.516. The normalized spacial score (nSPS) is 24.5. The number of imidazole rings is 1. The lowest BCUT2D eigenvalue weighted by Gasteiger charge is -2.36. The zero-order valence-corrected chi connectivity index (χ0v) is 78.2. The van der Waals surface area contributed by atoms with Gasteiger partial charge in [0.1, 0.15) is 90.3 Å². The number of carboxylic acid groups (broad SMARTS) is 2. The summed E-state index contributed by atoms with van der Waals surface area (Å²) in [5, 5.41) is 58.8. The fourth-order valence-corrected chi connectivity index (χ4v) is 17.6. The number of carbonyl (C=O) groups excluding carboxylic acids is 17. The number of thioether (sulfide) groups is 1. The minimum atomic E-state index is -1.85. The summed E-state index contributed by atoms with van der Waals surface area (Å²) >= 11 is 0.717. The first-order valence-corrected chi connectivity index (χ1v) is 46.6. The van der Waals surface area contributed by atoms with E-state index in [2.05, 4.69) is 73.1 Å². The summed E-state index contributed by atoms with van der Waals surface area (Å²) in [5.74, 6) is -20.6. The number of H-pyrrole nitrogens is 3. The molecule has 3 aliphatic heterocycles. The zero-order valence-electron chi connectivity index (χ0n) is 77.4. The topological polar surface area (TPSA) is 669 Å². The van der Waals surface area contributed by atoms with Crippen molar-refractivity contribution in [3.05, 3.63) is 120 Å². The lowest BCUT2D eigenvalue weighted by Crippen LogP contribution is -2.61. The molecule has 0 aliphatic carbocycles. The Kier molecular flexibility index (Phi) is 39.7. The van der Waals surface area contributed by atoms with Gasteiger partial charge in [0.2, 0.25) is 100 Å². The van der Waals surface area contributed by atoms with Gasteiger partial charge in [-0.05, 0) is 99.4 Å². The molecule has 22 N–H and O–H groups in total. The van der Waals surface area contributed by atoms with Gasteiger partial charge in [-0.3, -0.25) is 91.1 Å². The van der Waals surface area contributed by atoms with Crippen molar-refractivity contribution in [2.75, 3.05) is 65.9 Å². The second-order valence-electron chi connectivity index (χ2n) is 34.3. The number of carboxylic acids is 2. The summed E-state index contributed by atoms with van der Waals surface area (Å²) in [5.41, 5.74) is 20.3. The van der Waals surface area contributed by atoms with Crippen LogP contribution in [0.25, 0.3) is 21.8 Å². The molecule has 3 saturated heterocycles. The first-order chi connectivity index (χ1) is 65.3. The Bertz CT molecular complexity index is 5320. The number of aliphatic hydroxyl groups excluding tert-OH is 1. The van der Waals surface area contributed by atoms with E-state index in [1.807, 2.05) is 6.92 Å². The van der Waals surface area contributed by atoms with Crippen LogP contribution in [0.2, 0.25) is 0 Å². The van der Waals surface area contributed by atoms with E-state index < -0.39 is 273 Å². The number of ether oxygens (including phenoxy) is 1. The monoisotopic (exact) mass is 1920 g/mol. The summed E-state index contributed by atoms with van der Waals surface area (Å²) in [6.45, 7) is 3.07. The maximum atomic E-state index is 15.8. The molecule has 6 heterocycles. The Morgan fingerprint density at radius 1 is 0.526 bits per heavy atom. The van der Waals surface area contributed by atoms with Gasteiger partial charge in [0.15, 0.2) is 0 Å². The second-order valence-corrected chi connectivity index (χ2v) is 35.3. The number of para-hydroxylation sites is 2. The summed E-state index contributed by atoms with van der Waals surface area (Å²) in [6, 6.07) is -2.51. The van der Waals surface area contributed by atoms with Crippen molar-refractivity contribution in [2.24, 2.45) is 17.2 Å². The number of aliphatic hydroxyl groups is 1. The Hall–Kier alpha value is -14.1. The van der Waals surface area contributed by atoms with Gasteiger partial charge in [-0.2, -0.15) is 0 Å². The van der Waals surface area contributed by atoms with Crippen LogP contribution < -0.4 is 75.1 Å². The number of aromatic nitrogens is 4. The molecule has 17 amide bonds. The number of nitrogens with zero attached hydrogens (tertiary/aromatic N) is 6.